The van der Waals surface area contributed by atoms with Crippen LogP contribution in [0, 0.1) is 0 Å². The minimum atomic E-state index is -0.543. The number of esters is 1. The van der Waals surface area contributed by atoms with Crippen molar-refractivity contribution in [3.63, 3.8) is 0 Å². The van der Waals surface area contributed by atoms with Crippen molar-refractivity contribution in [1.29, 1.82) is 0 Å². The molecule has 0 fully saturated rings. The summed E-state index contributed by atoms with van der Waals surface area (Å²) in [6.07, 6.45) is 3.27. The van der Waals surface area contributed by atoms with Crippen LogP contribution in [0.15, 0.2) is 48.8 Å². The van der Waals surface area contributed by atoms with Gasteiger partial charge in [0, 0.05) is 34.6 Å². The van der Waals surface area contributed by atoms with Crippen LogP contribution in [0.3, 0.4) is 0 Å². The second kappa shape index (κ2) is 6.40. The van der Waals surface area contributed by atoms with Crippen LogP contribution >= 0.6 is 23.2 Å². The van der Waals surface area contributed by atoms with Crippen LogP contribution < -0.4 is 0 Å². The smallest absolute Gasteiger partial charge is 0.359 e. The summed E-state index contributed by atoms with van der Waals surface area (Å²) < 4.78 is 6.36. The van der Waals surface area contributed by atoms with Gasteiger partial charge in [-0.3, -0.25) is 0 Å². The lowest BCUT2D eigenvalue weighted by atomic mass is 10.1. The second-order valence-corrected chi connectivity index (χ2v) is 5.44. The van der Waals surface area contributed by atoms with E-state index in [1.807, 2.05) is 18.2 Å². The molecule has 0 aliphatic rings. The first-order valence-electron chi connectivity index (χ1n) is 6.65. The molecular formula is C16H11Cl2N3O2. The predicted octanol–water partition coefficient (Wildman–Crippen LogP) is 4.03. The summed E-state index contributed by atoms with van der Waals surface area (Å²) in [4.78, 5) is 16.0. The third kappa shape index (κ3) is 3.06. The van der Waals surface area contributed by atoms with Crippen molar-refractivity contribution in [1.82, 2.24) is 14.8 Å². The van der Waals surface area contributed by atoms with Crippen molar-refractivity contribution in [2.24, 2.45) is 0 Å². The molecular weight excluding hydrogens is 337 g/mol. The molecule has 0 aliphatic carbocycles. The highest BCUT2D eigenvalue weighted by atomic mass is 35.5. The molecule has 2 aromatic heterocycles. The lowest BCUT2D eigenvalue weighted by Crippen LogP contribution is -2.05. The van der Waals surface area contributed by atoms with E-state index in [1.165, 1.54) is 7.11 Å². The molecule has 0 N–H and O–H groups in total. The summed E-state index contributed by atoms with van der Waals surface area (Å²) in [6, 6.07) is 10.6. The molecule has 0 spiro atoms. The Morgan fingerprint density at radius 1 is 1.17 bits per heavy atom. The standard InChI is InChI=1S/C16H11Cl2N3O2/c1-23-16(22)15-12(11-4-2-3-5-13(11)17)9-21(20-15)10-6-7-19-14(18)8-10/h2-9H,1H3. The minimum absolute atomic E-state index is 0.175. The van der Waals surface area contributed by atoms with E-state index in [2.05, 4.69) is 10.1 Å². The molecule has 3 rings (SSSR count). The first-order valence-corrected chi connectivity index (χ1v) is 7.40. The topological polar surface area (TPSA) is 57.0 Å². The highest BCUT2D eigenvalue weighted by Gasteiger charge is 2.20. The van der Waals surface area contributed by atoms with E-state index in [4.69, 9.17) is 27.9 Å². The predicted molar refractivity (Wildman–Crippen MR) is 88.2 cm³/mol. The molecule has 0 amide bonds. The molecule has 3 aromatic rings. The lowest BCUT2D eigenvalue weighted by molar-refractivity contribution is 0.0594. The normalized spacial score (nSPS) is 10.6. The number of rotatable bonds is 3. The van der Waals surface area contributed by atoms with Crippen LogP contribution in [0.5, 0.6) is 0 Å². The number of pyridine rings is 1. The van der Waals surface area contributed by atoms with Gasteiger partial charge in [0.15, 0.2) is 5.69 Å². The number of benzene rings is 1. The maximum atomic E-state index is 12.1. The number of halogens is 2. The van der Waals surface area contributed by atoms with Gasteiger partial charge in [-0.05, 0) is 12.1 Å². The molecule has 0 atom stereocenters. The van der Waals surface area contributed by atoms with Crippen molar-refractivity contribution >= 4 is 29.2 Å². The Morgan fingerprint density at radius 2 is 1.96 bits per heavy atom. The molecule has 0 saturated heterocycles. The third-order valence-corrected chi connectivity index (χ3v) is 3.77. The van der Waals surface area contributed by atoms with Gasteiger partial charge in [0.05, 0.1) is 12.8 Å². The van der Waals surface area contributed by atoms with Crippen molar-refractivity contribution in [3.05, 3.63) is 64.7 Å². The summed E-state index contributed by atoms with van der Waals surface area (Å²) in [5.41, 5.74) is 2.12. The number of nitrogens with zero attached hydrogens (tertiary/aromatic N) is 3. The molecule has 23 heavy (non-hydrogen) atoms. The molecule has 7 heteroatoms. The molecule has 0 aliphatic heterocycles. The fraction of sp³-hybridized carbons (Fsp3) is 0.0625. The number of hydrogen-bond donors (Lipinski definition) is 0. The van der Waals surface area contributed by atoms with E-state index in [9.17, 15) is 4.79 Å². The van der Waals surface area contributed by atoms with Crippen LogP contribution in [0.2, 0.25) is 10.2 Å². The number of methoxy groups -OCH3 is 1. The highest BCUT2D eigenvalue weighted by Crippen LogP contribution is 2.31. The Hall–Kier alpha value is -2.37. The van der Waals surface area contributed by atoms with Gasteiger partial charge in [-0.1, -0.05) is 41.4 Å². The lowest BCUT2D eigenvalue weighted by Gasteiger charge is -2.02. The minimum Gasteiger partial charge on any atom is -0.464 e. The summed E-state index contributed by atoms with van der Waals surface area (Å²) in [5.74, 6) is -0.543. The van der Waals surface area contributed by atoms with E-state index in [0.717, 1.165) is 0 Å². The molecule has 0 bridgehead atoms. The zero-order valence-electron chi connectivity index (χ0n) is 12.0. The Morgan fingerprint density at radius 3 is 2.65 bits per heavy atom. The first kappa shape index (κ1) is 15.5. The van der Waals surface area contributed by atoms with Gasteiger partial charge < -0.3 is 4.74 Å². The summed E-state index contributed by atoms with van der Waals surface area (Å²) in [5, 5.41) is 5.16. The van der Waals surface area contributed by atoms with Gasteiger partial charge in [-0.15, -0.1) is 0 Å². The van der Waals surface area contributed by atoms with E-state index in [-0.39, 0.29) is 5.69 Å². The third-order valence-electron chi connectivity index (χ3n) is 3.23. The van der Waals surface area contributed by atoms with Gasteiger partial charge in [-0.25, -0.2) is 14.5 Å². The van der Waals surface area contributed by atoms with E-state index in [0.29, 0.717) is 27.0 Å². The second-order valence-electron chi connectivity index (χ2n) is 4.64. The molecule has 5 nitrogen and oxygen atoms in total. The van der Waals surface area contributed by atoms with Crippen molar-refractivity contribution in [3.8, 4) is 16.8 Å². The maximum Gasteiger partial charge on any atom is 0.359 e. The van der Waals surface area contributed by atoms with Gasteiger partial charge in [-0.2, -0.15) is 5.10 Å². The number of aromatic nitrogens is 3. The average molecular weight is 348 g/mol. The van der Waals surface area contributed by atoms with Crippen molar-refractivity contribution in [2.75, 3.05) is 7.11 Å². The quantitative estimate of drug-likeness (QED) is 0.530. The fourth-order valence-corrected chi connectivity index (χ4v) is 2.57. The first-order chi connectivity index (χ1) is 11.1. The summed E-state index contributed by atoms with van der Waals surface area (Å²) in [6.45, 7) is 0. The van der Waals surface area contributed by atoms with Gasteiger partial charge in [0.1, 0.15) is 5.15 Å². The maximum absolute atomic E-state index is 12.1. The van der Waals surface area contributed by atoms with Gasteiger partial charge in [0.25, 0.3) is 0 Å². The van der Waals surface area contributed by atoms with Crippen LogP contribution in [0.25, 0.3) is 16.8 Å². The number of carbonyl (C=O) groups is 1. The molecule has 1 aromatic carbocycles. The molecule has 2 heterocycles. The van der Waals surface area contributed by atoms with Crippen LogP contribution in [-0.2, 0) is 4.74 Å². The van der Waals surface area contributed by atoms with Crippen molar-refractivity contribution in [2.45, 2.75) is 0 Å². The number of carbonyl (C=O) groups excluding carboxylic acids is 1. The Kier molecular flexibility index (Phi) is 4.32. The summed E-state index contributed by atoms with van der Waals surface area (Å²) in [7, 11) is 1.31. The molecule has 0 radical (unpaired) electrons. The van der Waals surface area contributed by atoms with E-state index in [1.54, 1.807) is 35.3 Å². The van der Waals surface area contributed by atoms with Crippen LogP contribution in [0.4, 0.5) is 0 Å². The van der Waals surface area contributed by atoms with Crippen LogP contribution in [0.1, 0.15) is 10.5 Å². The monoisotopic (exact) mass is 347 g/mol. The highest BCUT2D eigenvalue weighted by molar-refractivity contribution is 6.33. The molecule has 116 valence electrons. The number of ether oxygens (including phenoxy) is 1. The molecule has 0 unspecified atom stereocenters. The van der Waals surface area contributed by atoms with Gasteiger partial charge >= 0.3 is 5.97 Å². The van der Waals surface area contributed by atoms with E-state index >= 15 is 0 Å². The largest absolute Gasteiger partial charge is 0.464 e. The van der Waals surface area contributed by atoms with Gasteiger partial charge in [0.2, 0.25) is 0 Å². The zero-order chi connectivity index (χ0) is 16.4. The average Bonchev–Trinajstić information content (AvgIpc) is 2.99. The van der Waals surface area contributed by atoms with Crippen molar-refractivity contribution < 1.29 is 9.53 Å². The Labute approximate surface area is 142 Å². The number of hydrogen-bond acceptors (Lipinski definition) is 4. The zero-order valence-corrected chi connectivity index (χ0v) is 13.5. The summed E-state index contributed by atoms with van der Waals surface area (Å²) >= 11 is 12.1. The van der Waals surface area contributed by atoms with Crippen LogP contribution in [-0.4, -0.2) is 27.8 Å². The Bertz CT molecular complexity index is 877. The SMILES string of the molecule is COC(=O)c1nn(-c2ccnc(Cl)c2)cc1-c1ccccc1Cl. The van der Waals surface area contributed by atoms with E-state index < -0.39 is 5.97 Å². The Balaban J connectivity index is 2.19. The fourth-order valence-electron chi connectivity index (χ4n) is 2.17. The molecule has 0 saturated carbocycles.